The zero-order valence-corrected chi connectivity index (χ0v) is 63.1. The van der Waals surface area contributed by atoms with Crippen LogP contribution in [0, 0.1) is 5.92 Å². The molecule has 6 atom stereocenters. The minimum absolute atomic E-state index is 0.102. The van der Waals surface area contributed by atoms with Crippen molar-refractivity contribution in [1.82, 2.24) is 0 Å². The summed E-state index contributed by atoms with van der Waals surface area (Å²) in [7, 11) is -9.92. The van der Waals surface area contributed by atoms with E-state index in [1.165, 1.54) is 173 Å². The largest absolute Gasteiger partial charge is 0.472 e. The maximum Gasteiger partial charge on any atom is 0.472 e. The van der Waals surface area contributed by atoms with Crippen LogP contribution in [0.25, 0.3) is 0 Å². The number of carbonyl (C=O) groups excluding carboxylic acids is 4. The van der Waals surface area contributed by atoms with Crippen LogP contribution in [0.3, 0.4) is 0 Å². The number of allylic oxidation sites excluding steroid dienone is 4. The number of aliphatic hydroxyl groups is 1. The van der Waals surface area contributed by atoms with Gasteiger partial charge in [0.2, 0.25) is 0 Å². The summed E-state index contributed by atoms with van der Waals surface area (Å²) in [6.07, 6.45) is 60.4. The topological polar surface area (TPSA) is 237 Å². The van der Waals surface area contributed by atoms with Gasteiger partial charge in [-0.3, -0.25) is 37.3 Å². The zero-order valence-electron chi connectivity index (χ0n) is 61.3. The molecule has 0 fully saturated rings. The molecule has 0 aromatic carbocycles. The molecule has 0 radical (unpaired) electrons. The van der Waals surface area contributed by atoms with Crippen LogP contribution in [-0.4, -0.2) is 96.7 Å². The Hall–Kier alpha value is -2.46. The number of aliphatic hydroxyl groups excluding tert-OH is 1. The molecule has 0 spiro atoms. The first-order chi connectivity index (χ1) is 46.1. The number of esters is 4. The molecular weight excluding hydrogens is 1250 g/mol. The normalized spacial score (nSPS) is 14.4. The second-order valence-corrected chi connectivity index (χ2v) is 29.9. The third-order valence-electron chi connectivity index (χ3n) is 17.5. The van der Waals surface area contributed by atoms with E-state index in [0.717, 1.165) is 121 Å². The second-order valence-electron chi connectivity index (χ2n) is 26.9. The Labute approximate surface area is 580 Å². The lowest BCUT2D eigenvalue weighted by Crippen LogP contribution is -2.30. The molecule has 0 aliphatic carbocycles. The average Bonchev–Trinajstić information content (AvgIpc) is 2.40. The van der Waals surface area contributed by atoms with Crippen molar-refractivity contribution < 1.29 is 80.2 Å². The molecule has 0 aromatic rings. The first-order valence-corrected chi connectivity index (χ1v) is 42.0. The smallest absolute Gasteiger partial charge is 0.462 e. The maximum absolute atomic E-state index is 13.1. The van der Waals surface area contributed by atoms with Crippen molar-refractivity contribution in [3.05, 3.63) is 24.3 Å². The summed E-state index contributed by atoms with van der Waals surface area (Å²) in [6.45, 7) is 7.18. The summed E-state index contributed by atoms with van der Waals surface area (Å²) in [5.74, 6) is -1.42. The van der Waals surface area contributed by atoms with Crippen LogP contribution in [-0.2, 0) is 65.4 Å². The number of unbranched alkanes of at least 4 members (excludes halogenated alkanes) is 42. The molecule has 0 aromatic heterocycles. The summed E-state index contributed by atoms with van der Waals surface area (Å²) in [5.41, 5.74) is 0. The van der Waals surface area contributed by atoms with Gasteiger partial charge >= 0.3 is 39.5 Å². The van der Waals surface area contributed by atoms with Gasteiger partial charge in [-0.2, -0.15) is 0 Å². The molecular formula is C76H144O17P2. The van der Waals surface area contributed by atoms with E-state index in [1.807, 2.05) is 0 Å². The van der Waals surface area contributed by atoms with E-state index in [9.17, 15) is 43.2 Å². The standard InChI is InChI=1S/C76H144O17P2/c1-6-10-13-16-19-22-25-28-30-31-32-34-36-39-42-45-52-57-62-76(81)92-71(65-86-73(78)59-54-49-43-40-38-35-33-29-26-23-20-17-14-11-7-2)67-90-94(82,83)88-63-70(77)64-89-95(84,85)91-68-72(66-87-74(79)60-55-50-47-46-48-53-58-69(5)9-4)93-75(80)61-56-51-44-41-37-27-24-21-18-15-12-8-3/h23,26,29,33,69-72,77H,6-22,24-25,27-28,30-32,34-68H2,1-5H3,(H,82,83)(H,84,85)/b26-23-,33-29-/t69?,70-,71-,72-/m1/s1. The highest BCUT2D eigenvalue weighted by atomic mass is 31.2. The highest BCUT2D eigenvalue weighted by molar-refractivity contribution is 7.47. The van der Waals surface area contributed by atoms with E-state index >= 15 is 0 Å². The van der Waals surface area contributed by atoms with Crippen LogP contribution >= 0.6 is 15.6 Å². The van der Waals surface area contributed by atoms with Crippen molar-refractivity contribution in [2.24, 2.45) is 5.92 Å². The van der Waals surface area contributed by atoms with Gasteiger partial charge < -0.3 is 33.8 Å². The minimum Gasteiger partial charge on any atom is -0.462 e. The third kappa shape index (κ3) is 68.5. The first kappa shape index (κ1) is 92.5. The van der Waals surface area contributed by atoms with Crippen molar-refractivity contribution >= 4 is 39.5 Å². The summed E-state index contributed by atoms with van der Waals surface area (Å²) in [6, 6.07) is 0. The monoisotopic (exact) mass is 1390 g/mol. The molecule has 0 aliphatic rings. The molecule has 0 heterocycles. The fraction of sp³-hybridized carbons (Fsp3) is 0.895. The van der Waals surface area contributed by atoms with E-state index in [1.54, 1.807) is 0 Å². The van der Waals surface area contributed by atoms with Crippen LogP contribution in [0.2, 0.25) is 0 Å². The Morgan fingerprint density at radius 3 is 0.895 bits per heavy atom. The molecule has 560 valence electrons. The van der Waals surface area contributed by atoms with Gasteiger partial charge in [-0.15, -0.1) is 0 Å². The summed E-state index contributed by atoms with van der Waals surface area (Å²) < 4.78 is 68.5. The lowest BCUT2D eigenvalue weighted by atomic mass is 10.00. The molecule has 0 saturated carbocycles. The molecule has 0 aliphatic heterocycles. The van der Waals surface area contributed by atoms with Gasteiger partial charge in [0.05, 0.1) is 26.4 Å². The number of hydrogen-bond donors (Lipinski definition) is 3. The minimum atomic E-state index is -4.96. The van der Waals surface area contributed by atoms with E-state index in [2.05, 4.69) is 58.9 Å². The summed E-state index contributed by atoms with van der Waals surface area (Å²) >= 11 is 0. The van der Waals surface area contributed by atoms with Gasteiger partial charge in [-0.05, 0) is 57.3 Å². The van der Waals surface area contributed by atoms with Gasteiger partial charge in [-0.25, -0.2) is 9.13 Å². The molecule has 3 N–H and O–H groups in total. The molecule has 17 nitrogen and oxygen atoms in total. The zero-order chi connectivity index (χ0) is 69.8. The van der Waals surface area contributed by atoms with E-state index < -0.39 is 97.5 Å². The third-order valence-corrected chi connectivity index (χ3v) is 19.4. The number of hydrogen-bond acceptors (Lipinski definition) is 15. The van der Waals surface area contributed by atoms with Gasteiger partial charge in [0.15, 0.2) is 12.2 Å². The number of ether oxygens (including phenoxy) is 4. The van der Waals surface area contributed by atoms with Crippen LogP contribution in [0.15, 0.2) is 24.3 Å². The SMILES string of the molecule is CCCCCC/C=C\C=C/CCCCCCCC(=O)OC[C@H](COP(=O)(O)OC[C@@H](O)COP(=O)(O)OC[C@@H](COC(=O)CCCCCCCCC(C)CC)OC(=O)CCCCCCCCCCCCCC)OC(=O)CCCCCCCCCCCCCCCCCCCC. The number of carbonyl (C=O) groups is 4. The van der Waals surface area contributed by atoms with Crippen molar-refractivity contribution in [1.29, 1.82) is 0 Å². The van der Waals surface area contributed by atoms with E-state index in [-0.39, 0.29) is 25.7 Å². The van der Waals surface area contributed by atoms with Gasteiger partial charge in [0, 0.05) is 25.7 Å². The van der Waals surface area contributed by atoms with Crippen LogP contribution < -0.4 is 0 Å². The van der Waals surface area contributed by atoms with E-state index in [4.69, 9.17) is 37.0 Å². The summed E-state index contributed by atoms with van der Waals surface area (Å²) in [5, 5.41) is 10.6. The van der Waals surface area contributed by atoms with Crippen molar-refractivity contribution in [2.75, 3.05) is 39.6 Å². The molecule has 0 rings (SSSR count). The van der Waals surface area contributed by atoms with Gasteiger partial charge in [0.25, 0.3) is 0 Å². The number of rotatable bonds is 74. The van der Waals surface area contributed by atoms with Crippen LogP contribution in [0.4, 0.5) is 0 Å². The highest BCUT2D eigenvalue weighted by Gasteiger charge is 2.30. The average molecular weight is 1390 g/mol. The molecule has 0 bridgehead atoms. The van der Waals surface area contributed by atoms with Crippen molar-refractivity contribution in [2.45, 2.75) is 393 Å². The molecule has 0 saturated heterocycles. The predicted octanol–water partition coefficient (Wildman–Crippen LogP) is 22.0. The van der Waals surface area contributed by atoms with Crippen LogP contribution in [0.1, 0.15) is 375 Å². The Balaban J connectivity index is 5.27. The molecule has 3 unspecified atom stereocenters. The highest BCUT2D eigenvalue weighted by Crippen LogP contribution is 2.45. The lowest BCUT2D eigenvalue weighted by Gasteiger charge is -2.21. The Morgan fingerprint density at radius 1 is 0.337 bits per heavy atom. The second kappa shape index (κ2) is 68.7. The van der Waals surface area contributed by atoms with Crippen molar-refractivity contribution in [3.8, 4) is 0 Å². The van der Waals surface area contributed by atoms with Gasteiger partial charge in [-0.1, -0.05) is 322 Å². The Morgan fingerprint density at radius 2 is 0.589 bits per heavy atom. The number of phosphoric acid groups is 2. The Bertz CT molecular complexity index is 1920. The predicted molar refractivity (Wildman–Crippen MR) is 386 cm³/mol. The molecule has 95 heavy (non-hydrogen) atoms. The number of phosphoric ester groups is 2. The van der Waals surface area contributed by atoms with Crippen molar-refractivity contribution in [3.63, 3.8) is 0 Å². The molecule has 0 amide bonds. The Kier molecular flexibility index (Phi) is 66.9. The van der Waals surface area contributed by atoms with Crippen LogP contribution in [0.5, 0.6) is 0 Å². The first-order valence-electron chi connectivity index (χ1n) is 39.0. The fourth-order valence-electron chi connectivity index (χ4n) is 11.1. The maximum atomic E-state index is 13.1. The van der Waals surface area contributed by atoms with Gasteiger partial charge in [0.1, 0.15) is 19.3 Å². The molecule has 19 heteroatoms. The summed E-state index contributed by atoms with van der Waals surface area (Å²) in [4.78, 5) is 72.8. The quantitative estimate of drug-likeness (QED) is 0.0169. The van der Waals surface area contributed by atoms with E-state index in [0.29, 0.717) is 25.7 Å². The fourth-order valence-corrected chi connectivity index (χ4v) is 12.7. The lowest BCUT2D eigenvalue weighted by molar-refractivity contribution is -0.161.